The van der Waals surface area contributed by atoms with Crippen molar-refractivity contribution in [2.45, 2.75) is 29.7 Å². The Morgan fingerprint density at radius 3 is 2.39 bits per heavy atom. The average Bonchev–Trinajstić information content (AvgIpc) is 3.23. The van der Waals surface area contributed by atoms with E-state index in [1.165, 1.54) is 0 Å². The normalized spacial score (nSPS) is 24.4. The minimum Gasteiger partial charge on any atom is -0.323 e. The number of hydrogen-bond donors (Lipinski definition) is 3. The average molecular weight is 400 g/mol. The highest BCUT2D eigenvalue weighted by Gasteiger charge is 2.54. The van der Waals surface area contributed by atoms with E-state index in [0.717, 1.165) is 17.5 Å². The molecule has 2 aromatic rings. The van der Waals surface area contributed by atoms with Crippen molar-refractivity contribution in [3.63, 3.8) is 0 Å². The van der Waals surface area contributed by atoms with Crippen molar-refractivity contribution in [2.24, 2.45) is 5.92 Å². The number of benzene rings is 1. The summed E-state index contributed by atoms with van der Waals surface area (Å²) in [6, 6.07) is 9.76. The van der Waals surface area contributed by atoms with Crippen LogP contribution in [0.4, 0.5) is 4.79 Å². The predicted octanol–water partition coefficient (Wildman–Crippen LogP) is 1.41. The molecule has 0 bridgehead atoms. The van der Waals surface area contributed by atoms with Crippen LogP contribution in [0.15, 0.2) is 53.7 Å². The van der Waals surface area contributed by atoms with Gasteiger partial charge in [0, 0.05) is 24.9 Å². The first-order valence-corrected chi connectivity index (χ1v) is 10.5. The molecular weight excluding hydrogens is 380 g/mol. The van der Waals surface area contributed by atoms with Crippen LogP contribution < -0.4 is 15.4 Å². The number of nitrogens with zero attached hydrogens (tertiary/aromatic N) is 1. The zero-order valence-corrected chi connectivity index (χ0v) is 15.8. The Bertz CT molecular complexity index is 1010. The first kappa shape index (κ1) is 18.6. The lowest BCUT2D eigenvalue weighted by atomic mass is 9.87. The zero-order chi connectivity index (χ0) is 19.8. The Labute approximate surface area is 162 Å². The molecule has 2 atom stereocenters. The van der Waals surface area contributed by atoms with Gasteiger partial charge < -0.3 is 5.32 Å². The largest absolute Gasteiger partial charge is 0.323 e. The van der Waals surface area contributed by atoms with Gasteiger partial charge in [0.2, 0.25) is 10.0 Å². The Hall–Kier alpha value is -2.78. The molecule has 2 unspecified atom stereocenters. The van der Waals surface area contributed by atoms with Crippen LogP contribution in [0.2, 0.25) is 0 Å². The van der Waals surface area contributed by atoms with Crippen LogP contribution in [0.3, 0.4) is 0 Å². The van der Waals surface area contributed by atoms with E-state index in [1.54, 1.807) is 36.7 Å². The van der Waals surface area contributed by atoms with Gasteiger partial charge in [-0.15, -0.1) is 0 Å². The topological polar surface area (TPSA) is 117 Å². The van der Waals surface area contributed by atoms with Gasteiger partial charge in [-0.3, -0.25) is 15.1 Å². The molecule has 1 aromatic carbocycles. The molecule has 4 rings (SSSR count). The maximum atomic E-state index is 12.7. The molecule has 2 aliphatic rings. The quantitative estimate of drug-likeness (QED) is 0.656. The summed E-state index contributed by atoms with van der Waals surface area (Å²) in [5.41, 5.74) is 0.828. The summed E-state index contributed by atoms with van der Waals surface area (Å²) < 4.78 is 27.9. The van der Waals surface area contributed by atoms with Crippen molar-refractivity contribution in [1.29, 1.82) is 0 Å². The summed E-state index contributed by atoms with van der Waals surface area (Å²) in [6.07, 6.45) is 5.28. The molecule has 146 valence electrons. The summed E-state index contributed by atoms with van der Waals surface area (Å²) >= 11 is 0. The number of hydrogen-bond acceptors (Lipinski definition) is 5. The second-order valence-corrected chi connectivity index (χ2v) is 8.85. The minimum atomic E-state index is -3.73. The van der Waals surface area contributed by atoms with E-state index in [-0.39, 0.29) is 23.3 Å². The third-order valence-corrected chi connectivity index (χ3v) is 6.93. The van der Waals surface area contributed by atoms with Gasteiger partial charge >= 0.3 is 6.03 Å². The van der Waals surface area contributed by atoms with Crippen molar-refractivity contribution in [3.05, 3.63) is 48.8 Å². The van der Waals surface area contributed by atoms with Gasteiger partial charge in [-0.2, -0.15) is 0 Å². The number of nitrogens with one attached hydrogen (secondary N) is 3. The lowest BCUT2D eigenvalue weighted by molar-refractivity contribution is -0.125. The monoisotopic (exact) mass is 400 g/mol. The summed E-state index contributed by atoms with van der Waals surface area (Å²) in [5.74, 6) is -0.661. The molecule has 1 saturated carbocycles. The second kappa shape index (κ2) is 6.99. The summed E-state index contributed by atoms with van der Waals surface area (Å²) in [4.78, 5) is 27.9. The molecular formula is C19H20N4O4S. The molecule has 3 amide bonds. The van der Waals surface area contributed by atoms with E-state index in [2.05, 4.69) is 20.3 Å². The Morgan fingerprint density at radius 1 is 1.07 bits per heavy atom. The maximum absolute atomic E-state index is 12.7. The zero-order valence-electron chi connectivity index (χ0n) is 15.0. The molecule has 2 heterocycles. The van der Waals surface area contributed by atoms with E-state index < -0.39 is 21.6 Å². The van der Waals surface area contributed by atoms with Gasteiger partial charge in [0.05, 0.1) is 4.90 Å². The predicted molar refractivity (Wildman–Crippen MR) is 102 cm³/mol. The van der Waals surface area contributed by atoms with Gasteiger partial charge in [0.15, 0.2) is 0 Å². The van der Waals surface area contributed by atoms with Gasteiger partial charge in [-0.05, 0) is 48.2 Å². The first-order chi connectivity index (χ1) is 13.4. The highest BCUT2D eigenvalue weighted by atomic mass is 32.2. The molecule has 1 aliphatic carbocycles. The Balaban J connectivity index is 1.47. The summed E-state index contributed by atoms with van der Waals surface area (Å²) in [6.45, 7) is 0.0855. The third kappa shape index (κ3) is 3.27. The van der Waals surface area contributed by atoms with Crippen molar-refractivity contribution >= 4 is 22.0 Å². The standard InChI is InChI=1S/C19H20N4O4S/c24-17-19(23-18(25)22-17)9-1-2-15(19)12-21-28(26,27)16-5-3-13(4-6-16)14-7-10-20-11-8-14/h3-8,10-11,15,21H,1-2,9,12H2,(H2,22,23,24,25). The van der Waals surface area contributed by atoms with Crippen molar-refractivity contribution in [2.75, 3.05) is 6.54 Å². The fourth-order valence-electron chi connectivity index (χ4n) is 3.99. The second-order valence-electron chi connectivity index (χ2n) is 7.08. The summed E-state index contributed by atoms with van der Waals surface area (Å²) in [5, 5.41) is 4.95. The van der Waals surface area contributed by atoms with E-state index in [1.807, 2.05) is 12.1 Å². The lowest BCUT2D eigenvalue weighted by Crippen LogP contribution is -2.53. The molecule has 3 N–H and O–H groups in total. The number of imide groups is 1. The fraction of sp³-hybridized carbons (Fsp3) is 0.316. The molecule has 0 radical (unpaired) electrons. The number of rotatable bonds is 5. The number of carbonyl (C=O) groups is 2. The number of carbonyl (C=O) groups excluding carboxylic acids is 2. The molecule has 8 nitrogen and oxygen atoms in total. The number of urea groups is 1. The summed E-state index contributed by atoms with van der Waals surface area (Å²) in [7, 11) is -3.73. The Kier molecular flexibility index (Phi) is 4.64. The van der Waals surface area contributed by atoms with E-state index >= 15 is 0 Å². The molecule has 28 heavy (non-hydrogen) atoms. The van der Waals surface area contributed by atoms with Crippen LogP contribution in [0.25, 0.3) is 11.1 Å². The smallest absolute Gasteiger partial charge is 0.322 e. The van der Waals surface area contributed by atoms with Crippen molar-refractivity contribution in [3.8, 4) is 11.1 Å². The van der Waals surface area contributed by atoms with Gasteiger partial charge in [-0.1, -0.05) is 18.6 Å². The van der Waals surface area contributed by atoms with Crippen LogP contribution in [0.1, 0.15) is 19.3 Å². The number of amides is 3. The number of aromatic nitrogens is 1. The number of pyridine rings is 1. The van der Waals surface area contributed by atoms with Crippen molar-refractivity contribution < 1.29 is 18.0 Å². The lowest BCUT2D eigenvalue weighted by Gasteiger charge is -2.28. The van der Waals surface area contributed by atoms with Crippen LogP contribution in [-0.4, -0.2) is 37.4 Å². The first-order valence-electron chi connectivity index (χ1n) is 9.04. The molecule has 1 aromatic heterocycles. The van der Waals surface area contributed by atoms with Gasteiger partial charge in [0.25, 0.3) is 5.91 Å². The highest BCUT2D eigenvalue weighted by molar-refractivity contribution is 7.89. The minimum absolute atomic E-state index is 0.0855. The van der Waals surface area contributed by atoms with Gasteiger partial charge in [-0.25, -0.2) is 17.9 Å². The van der Waals surface area contributed by atoms with Crippen molar-refractivity contribution in [1.82, 2.24) is 20.3 Å². The molecule has 1 aliphatic heterocycles. The number of sulfonamides is 1. The fourth-order valence-corrected chi connectivity index (χ4v) is 5.07. The van der Waals surface area contributed by atoms with E-state index in [9.17, 15) is 18.0 Å². The molecule has 9 heteroatoms. The third-order valence-electron chi connectivity index (χ3n) is 5.49. The molecule has 1 spiro atoms. The van der Waals surface area contributed by atoms with Crippen LogP contribution in [0, 0.1) is 5.92 Å². The SMILES string of the molecule is O=C1NC(=O)C2(CCCC2CNS(=O)(=O)c2ccc(-c3ccncc3)cc2)N1. The van der Waals surface area contributed by atoms with Crippen LogP contribution >= 0.6 is 0 Å². The maximum Gasteiger partial charge on any atom is 0.322 e. The van der Waals surface area contributed by atoms with Crippen LogP contribution in [-0.2, 0) is 14.8 Å². The van der Waals surface area contributed by atoms with E-state index in [4.69, 9.17) is 0 Å². The van der Waals surface area contributed by atoms with Gasteiger partial charge in [0.1, 0.15) is 5.54 Å². The molecule has 2 fully saturated rings. The van der Waals surface area contributed by atoms with Crippen LogP contribution in [0.5, 0.6) is 0 Å². The Morgan fingerprint density at radius 2 is 1.75 bits per heavy atom. The highest BCUT2D eigenvalue weighted by Crippen LogP contribution is 2.37. The van der Waals surface area contributed by atoms with E-state index in [0.29, 0.717) is 12.8 Å². The molecule has 1 saturated heterocycles.